The van der Waals surface area contributed by atoms with Crippen LogP contribution in [-0.2, 0) is 0 Å². The van der Waals surface area contributed by atoms with Gasteiger partial charge in [0.2, 0.25) is 0 Å². The minimum atomic E-state index is -0.609. The predicted molar refractivity (Wildman–Crippen MR) is 96.1 cm³/mol. The van der Waals surface area contributed by atoms with Crippen molar-refractivity contribution in [3.05, 3.63) is 59.7 Å². The summed E-state index contributed by atoms with van der Waals surface area (Å²) in [5.74, 6) is 0.773. The van der Waals surface area contributed by atoms with Gasteiger partial charge in [-0.05, 0) is 43.2 Å². The summed E-state index contributed by atoms with van der Waals surface area (Å²) in [4.78, 5) is 0. The van der Waals surface area contributed by atoms with Crippen molar-refractivity contribution in [2.24, 2.45) is 0 Å². The number of anilines is 1. The Morgan fingerprint density at radius 1 is 1.00 bits per heavy atom. The van der Waals surface area contributed by atoms with Gasteiger partial charge in [-0.15, -0.1) is 0 Å². The minimum absolute atomic E-state index is 0.256. The average molecular weight is 313 g/mol. The Balaban J connectivity index is 1.78. The Morgan fingerprint density at radius 2 is 1.70 bits per heavy atom. The molecule has 2 N–H and O–H groups in total. The highest BCUT2D eigenvalue weighted by molar-refractivity contribution is 5.46. The second kappa shape index (κ2) is 9.21. The Morgan fingerprint density at radius 3 is 2.35 bits per heavy atom. The Bertz CT molecular complexity index is 563. The van der Waals surface area contributed by atoms with E-state index in [4.69, 9.17) is 4.74 Å². The standard InChI is InChI=1S/C20H27NO2/c1-3-4-5-14-21-18-10-12-19(13-11-18)23-15-20(22)17-8-6-16(2)7-9-17/h6-13,20-22H,3-5,14-15H2,1-2H3. The van der Waals surface area contributed by atoms with Crippen LogP contribution in [0.25, 0.3) is 0 Å². The van der Waals surface area contributed by atoms with E-state index in [1.165, 1.54) is 24.8 Å². The van der Waals surface area contributed by atoms with Crippen LogP contribution in [0.2, 0.25) is 0 Å². The smallest absolute Gasteiger partial charge is 0.119 e. The molecule has 0 aliphatic rings. The molecule has 0 amide bonds. The first-order valence-electron chi connectivity index (χ1n) is 8.40. The third kappa shape index (κ3) is 5.95. The van der Waals surface area contributed by atoms with Crippen LogP contribution >= 0.6 is 0 Å². The van der Waals surface area contributed by atoms with Crippen LogP contribution in [0, 0.1) is 6.92 Å². The molecule has 2 aromatic rings. The highest BCUT2D eigenvalue weighted by atomic mass is 16.5. The molecular weight excluding hydrogens is 286 g/mol. The second-order valence-electron chi connectivity index (χ2n) is 5.90. The number of benzene rings is 2. The lowest BCUT2D eigenvalue weighted by Crippen LogP contribution is -2.09. The quantitative estimate of drug-likeness (QED) is 0.659. The second-order valence-corrected chi connectivity index (χ2v) is 5.90. The number of rotatable bonds is 9. The third-order valence-corrected chi connectivity index (χ3v) is 3.83. The van der Waals surface area contributed by atoms with Gasteiger partial charge in [0.05, 0.1) is 0 Å². The summed E-state index contributed by atoms with van der Waals surface area (Å²) in [6.07, 6.45) is 3.07. The maximum Gasteiger partial charge on any atom is 0.119 e. The van der Waals surface area contributed by atoms with E-state index in [9.17, 15) is 5.11 Å². The van der Waals surface area contributed by atoms with Crippen molar-refractivity contribution in [1.29, 1.82) is 0 Å². The fourth-order valence-corrected chi connectivity index (χ4v) is 2.34. The molecule has 1 unspecified atom stereocenters. The largest absolute Gasteiger partial charge is 0.491 e. The summed E-state index contributed by atoms with van der Waals surface area (Å²) in [6.45, 7) is 5.49. The first-order valence-corrected chi connectivity index (χ1v) is 8.40. The lowest BCUT2D eigenvalue weighted by molar-refractivity contribution is 0.108. The molecule has 0 aliphatic carbocycles. The van der Waals surface area contributed by atoms with Crippen molar-refractivity contribution in [1.82, 2.24) is 0 Å². The number of aliphatic hydroxyl groups excluding tert-OH is 1. The summed E-state index contributed by atoms with van der Waals surface area (Å²) in [5.41, 5.74) is 3.17. The number of aliphatic hydroxyl groups is 1. The highest BCUT2D eigenvalue weighted by Gasteiger charge is 2.08. The number of ether oxygens (including phenoxy) is 1. The fraction of sp³-hybridized carbons (Fsp3) is 0.400. The van der Waals surface area contributed by atoms with Crippen LogP contribution in [0.5, 0.6) is 5.75 Å². The van der Waals surface area contributed by atoms with Crippen LogP contribution in [0.1, 0.15) is 43.4 Å². The van der Waals surface area contributed by atoms with E-state index in [2.05, 4.69) is 12.2 Å². The topological polar surface area (TPSA) is 41.5 Å². The van der Waals surface area contributed by atoms with E-state index in [0.717, 1.165) is 23.5 Å². The van der Waals surface area contributed by atoms with Gasteiger partial charge in [0.1, 0.15) is 18.5 Å². The van der Waals surface area contributed by atoms with Crippen molar-refractivity contribution < 1.29 is 9.84 Å². The van der Waals surface area contributed by atoms with Crippen molar-refractivity contribution in [2.45, 2.75) is 39.2 Å². The van der Waals surface area contributed by atoms with E-state index in [-0.39, 0.29) is 6.61 Å². The SMILES string of the molecule is CCCCCNc1ccc(OCC(O)c2ccc(C)cc2)cc1. The Labute approximate surface area is 139 Å². The minimum Gasteiger partial charge on any atom is -0.491 e. The zero-order valence-corrected chi connectivity index (χ0v) is 14.1. The molecular formula is C20H27NO2. The third-order valence-electron chi connectivity index (χ3n) is 3.83. The van der Waals surface area contributed by atoms with Crippen LogP contribution in [-0.4, -0.2) is 18.3 Å². The molecule has 2 rings (SSSR count). The molecule has 0 fully saturated rings. The lowest BCUT2D eigenvalue weighted by atomic mass is 10.1. The molecule has 0 saturated carbocycles. The lowest BCUT2D eigenvalue weighted by Gasteiger charge is -2.13. The summed E-state index contributed by atoms with van der Waals surface area (Å²) in [5, 5.41) is 13.6. The number of hydrogen-bond acceptors (Lipinski definition) is 3. The Hall–Kier alpha value is -2.00. The molecule has 0 aliphatic heterocycles. The Kier molecular flexibility index (Phi) is 6.95. The van der Waals surface area contributed by atoms with Crippen LogP contribution in [0.4, 0.5) is 5.69 Å². The molecule has 0 aromatic heterocycles. The van der Waals surface area contributed by atoms with E-state index in [0.29, 0.717) is 0 Å². The van der Waals surface area contributed by atoms with Gasteiger partial charge in [0.25, 0.3) is 0 Å². The maximum absolute atomic E-state index is 10.2. The van der Waals surface area contributed by atoms with Gasteiger partial charge in [-0.3, -0.25) is 0 Å². The maximum atomic E-state index is 10.2. The molecule has 0 saturated heterocycles. The van der Waals surface area contributed by atoms with Gasteiger partial charge in [-0.1, -0.05) is 49.6 Å². The van der Waals surface area contributed by atoms with E-state index < -0.39 is 6.10 Å². The van der Waals surface area contributed by atoms with Crippen molar-refractivity contribution in [3.8, 4) is 5.75 Å². The first kappa shape index (κ1) is 17.4. The first-order chi connectivity index (χ1) is 11.2. The number of hydrogen-bond donors (Lipinski definition) is 2. The fourth-order valence-electron chi connectivity index (χ4n) is 2.34. The highest BCUT2D eigenvalue weighted by Crippen LogP contribution is 2.19. The molecule has 3 nitrogen and oxygen atoms in total. The molecule has 0 heterocycles. The van der Waals surface area contributed by atoms with E-state index in [1.54, 1.807) is 0 Å². The monoisotopic (exact) mass is 313 g/mol. The molecule has 0 bridgehead atoms. The van der Waals surface area contributed by atoms with Gasteiger partial charge in [-0.2, -0.15) is 0 Å². The number of nitrogens with one attached hydrogen (secondary N) is 1. The van der Waals surface area contributed by atoms with Crippen LogP contribution in [0.15, 0.2) is 48.5 Å². The summed E-state index contributed by atoms with van der Waals surface area (Å²) in [6, 6.07) is 15.8. The number of aryl methyl sites for hydroxylation is 1. The molecule has 2 aromatic carbocycles. The van der Waals surface area contributed by atoms with E-state index >= 15 is 0 Å². The van der Waals surface area contributed by atoms with E-state index in [1.807, 2.05) is 55.5 Å². The predicted octanol–water partition coefficient (Wildman–Crippen LogP) is 4.71. The van der Waals surface area contributed by atoms with Gasteiger partial charge in [-0.25, -0.2) is 0 Å². The van der Waals surface area contributed by atoms with Gasteiger partial charge in [0, 0.05) is 12.2 Å². The van der Waals surface area contributed by atoms with Crippen molar-refractivity contribution in [2.75, 3.05) is 18.5 Å². The van der Waals surface area contributed by atoms with Gasteiger partial charge >= 0.3 is 0 Å². The zero-order chi connectivity index (χ0) is 16.5. The molecule has 23 heavy (non-hydrogen) atoms. The summed E-state index contributed by atoms with van der Waals surface area (Å²) < 4.78 is 5.67. The molecule has 1 atom stereocenters. The zero-order valence-electron chi connectivity index (χ0n) is 14.1. The van der Waals surface area contributed by atoms with Crippen LogP contribution in [0.3, 0.4) is 0 Å². The van der Waals surface area contributed by atoms with Crippen molar-refractivity contribution >= 4 is 5.69 Å². The normalized spacial score (nSPS) is 12.0. The van der Waals surface area contributed by atoms with Crippen LogP contribution < -0.4 is 10.1 Å². The van der Waals surface area contributed by atoms with Gasteiger partial charge in [0.15, 0.2) is 0 Å². The number of unbranched alkanes of at least 4 members (excludes halogenated alkanes) is 2. The van der Waals surface area contributed by atoms with Gasteiger partial charge < -0.3 is 15.2 Å². The average Bonchev–Trinajstić information content (AvgIpc) is 2.58. The van der Waals surface area contributed by atoms with Crippen molar-refractivity contribution in [3.63, 3.8) is 0 Å². The molecule has 124 valence electrons. The summed E-state index contributed by atoms with van der Waals surface area (Å²) >= 11 is 0. The summed E-state index contributed by atoms with van der Waals surface area (Å²) in [7, 11) is 0. The molecule has 0 radical (unpaired) electrons. The molecule has 0 spiro atoms. The molecule has 3 heteroatoms.